The summed E-state index contributed by atoms with van der Waals surface area (Å²) < 4.78 is 5.12. The SMILES string of the molecule is COCCCN1C(=O)c2ccccc2NC1c1ccccc1. The number of nitrogens with one attached hydrogen (secondary N) is 1. The third kappa shape index (κ3) is 2.83. The first kappa shape index (κ1) is 14.6. The van der Waals surface area contributed by atoms with Gasteiger partial charge in [-0.2, -0.15) is 0 Å². The van der Waals surface area contributed by atoms with Gasteiger partial charge in [0.15, 0.2) is 0 Å². The molecule has 2 aromatic rings. The summed E-state index contributed by atoms with van der Waals surface area (Å²) in [6, 6.07) is 17.7. The monoisotopic (exact) mass is 296 g/mol. The van der Waals surface area contributed by atoms with Gasteiger partial charge in [0.2, 0.25) is 0 Å². The summed E-state index contributed by atoms with van der Waals surface area (Å²) in [4.78, 5) is 14.7. The summed E-state index contributed by atoms with van der Waals surface area (Å²) in [5.74, 6) is 0.0688. The highest BCUT2D eigenvalue weighted by Crippen LogP contribution is 2.32. The topological polar surface area (TPSA) is 41.6 Å². The molecule has 0 radical (unpaired) electrons. The van der Waals surface area contributed by atoms with Crippen molar-refractivity contribution in [2.45, 2.75) is 12.6 Å². The second-order valence-electron chi connectivity index (χ2n) is 5.35. The molecule has 1 amide bonds. The number of methoxy groups -OCH3 is 1. The Bertz CT molecular complexity index is 643. The molecule has 2 aromatic carbocycles. The molecule has 0 saturated carbocycles. The maximum atomic E-state index is 12.8. The molecule has 0 spiro atoms. The van der Waals surface area contributed by atoms with Crippen LogP contribution in [-0.2, 0) is 4.74 Å². The van der Waals surface area contributed by atoms with E-state index in [1.807, 2.05) is 59.5 Å². The Hall–Kier alpha value is -2.33. The number of rotatable bonds is 5. The number of anilines is 1. The van der Waals surface area contributed by atoms with E-state index < -0.39 is 0 Å². The lowest BCUT2D eigenvalue weighted by Gasteiger charge is -2.38. The third-order valence-electron chi connectivity index (χ3n) is 3.89. The summed E-state index contributed by atoms with van der Waals surface area (Å²) in [7, 11) is 1.68. The minimum Gasteiger partial charge on any atom is -0.385 e. The molecule has 3 rings (SSSR count). The average Bonchev–Trinajstić information content (AvgIpc) is 2.57. The molecule has 4 nitrogen and oxygen atoms in total. The second kappa shape index (κ2) is 6.62. The Balaban J connectivity index is 1.93. The number of amides is 1. The fourth-order valence-electron chi connectivity index (χ4n) is 2.80. The highest BCUT2D eigenvalue weighted by atomic mass is 16.5. The molecule has 0 bridgehead atoms. The fourth-order valence-corrected chi connectivity index (χ4v) is 2.80. The first-order chi connectivity index (χ1) is 10.8. The first-order valence-electron chi connectivity index (χ1n) is 7.51. The van der Waals surface area contributed by atoms with E-state index in [-0.39, 0.29) is 12.1 Å². The van der Waals surface area contributed by atoms with Crippen molar-refractivity contribution in [2.75, 3.05) is 25.6 Å². The van der Waals surface area contributed by atoms with Crippen LogP contribution in [0.25, 0.3) is 0 Å². The van der Waals surface area contributed by atoms with Crippen LogP contribution in [0.1, 0.15) is 28.5 Å². The Morgan fingerprint density at radius 2 is 1.82 bits per heavy atom. The van der Waals surface area contributed by atoms with E-state index in [0.717, 1.165) is 23.2 Å². The van der Waals surface area contributed by atoms with Gasteiger partial charge in [0.1, 0.15) is 6.17 Å². The van der Waals surface area contributed by atoms with Crippen molar-refractivity contribution in [3.63, 3.8) is 0 Å². The number of carbonyl (C=O) groups excluding carboxylic acids is 1. The van der Waals surface area contributed by atoms with E-state index in [0.29, 0.717) is 13.2 Å². The number of hydrogen-bond donors (Lipinski definition) is 1. The first-order valence-corrected chi connectivity index (χ1v) is 7.51. The summed E-state index contributed by atoms with van der Waals surface area (Å²) in [5, 5.41) is 3.48. The van der Waals surface area contributed by atoms with Gasteiger partial charge >= 0.3 is 0 Å². The Labute approximate surface area is 130 Å². The van der Waals surface area contributed by atoms with Crippen LogP contribution in [0.5, 0.6) is 0 Å². The van der Waals surface area contributed by atoms with Crippen molar-refractivity contribution < 1.29 is 9.53 Å². The van der Waals surface area contributed by atoms with Crippen LogP contribution in [-0.4, -0.2) is 31.1 Å². The maximum Gasteiger partial charge on any atom is 0.257 e. The van der Waals surface area contributed by atoms with E-state index >= 15 is 0 Å². The lowest BCUT2D eigenvalue weighted by atomic mass is 10.0. The molecular formula is C18H20N2O2. The molecule has 1 unspecified atom stereocenters. The van der Waals surface area contributed by atoms with Gasteiger partial charge in [-0.25, -0.2) is 0 Å². The van der Waals surface area contributed by atoms with E-state index in [4.69, 9.17) is 4.74 Å². The summed E-state index contributed by atoms with van der Waals surface area (Å²) in [6.45, 7) is 1.31. The van der Waals surface area contributed by atoms with Crippen LogP contribution in [0.3, 0.4) is 0 Å². The average molecular weight is 296 g/mol. The molecule has 4 heteroatoms. The largest absolute Gasteiger partial charge is 0.385 e. The summed E-state index contributed by atoms with van der Waals surface area (Å²) in [5.41, 5.74) is 2.71. The van der Waals surface area contributed by atoms with Gasteiger partial charge in [0, 0.05) is 25.9 Å². The van der Waals surface area contributed by atoms with E-state index in [1.54, 1.807) is 7.11 Å². The third-order valence-corrected chi connectivity index (χ3v) is 3.89. The number of hydrogen-bond acceptors (Lipinski definition) is 3. The van der Waals surface area contributed by atoms with Crippen LogP contribution in [0.2, 0.25) is 0 Å². The molecule has 1 aliphatic heterocycles. The number of benzene rings is 2. The van der Waals surface area contributed by atoms with Crippen LogP contribution in [0.15, 0.2) is 54.6 Å². The lowest BCUT2D eigenvalue weighted by Crippen LogP contribution is -2.43. The van der Waals surface area contributed by atoms with Crippen LogP contribution >= 0.6 is 0 Å². The zero-order valence-corrected chi connectivity index (χ0v) is 12.7. The van der Waals surface area contributed by atoms with Crippen LogP contribution < -0.4 is 5.32 Å². The van der Waals surface area contributed by atoms with Gasteiger partial charge in [-0.15, -0.1) is 0 Å². The lowest BCUT2D eigenvalue weighted by molar-refractivity contribution is 0.0660. The minimum absolute atomic E-state index is 0.0688. The smallest absolute Gasteiger partial charge is 0.257 e. The van der Waals surface area contributed by atoms with Crippen molar-refractivity contribution in [1.82, 2.24) is 4.90 Å². The van der Waals surface area contributed by atoms with Crippen LogP contribution in [0, 0.1) is 0 Å². The van der Waals surface area contributed by atoms with Gasteiger partial charge in [0.05, 0.1) is 5.56 Å². The van der Waals surface area contributed by atoms with E-state index in [1.165, 1.54) is 0 Å². The molecule has 0 saturated heterocycles. The molecular weight excluding hydrogens is 276 g/mol. The molecule has 1 aliphatic rings. The Morgan fingerprint density at radius 1 is 1.09 bits per heavy atom. The van der Waals surface area contributed by atoms with E-state index in [2.05, 4.69) is 5.32 Å². The Morgan fingerprint density at radius 3 is 2.59 bits per heavy atom. The van der Waals surface area contributed by atoms with Crippen molar-refractivity contribution in [1.29, 1.82) is 0 Å². The van der Waals surface area contributed by atoms with E-state index in [9.17, 15) is 4.79 Å². The molecule has 0 aromatic heterocycles. The summed E-state index contributed by atoms with van der Waals surface area (Å²) in [6.07, 6.45) is 0.676. The van der Waals surface area contributed by atoms with Gasteiger partial charge in [-0.05, 0) is 24.1 Å². The number of para-hydroxylation sites is 1. The van der Waals surface area contributed by atoms with Crippen molar-refractivity contribution in [3.05, 3.63) is 65.7 Å². The number of carbonyl (C=O) groups is 1. The molecule has 114 valence electrons. The maximum absolute atomic E-state index is 12.8. The van der Waals surface area contributed by atoms with Crippen LogP contribution in [0.4, 0.5) is 5.69 Å². The zero-order chi connectivity index (χ0) is 15.4. The standard InChI is InChI=1S/C18H20N2O2/c1-22-13-7-12-20-17(14-8-3-2-4-9-14)19-16-11-6-5-10-15(16)18(20)21/h2-6,8-11,17,19H,7,12-13H2,1H3. The van der Waals surface area contributed by atoms with Crippen molar-refractivity contribution in [2.24, 2.45) is 0 Å². The predicted molar refractivity (Wildman–Crippen MR) is 86.8 cm³/mol. The molecule has 0 fully saturated rings. The Kier molecular flexibility index (Phi) is 4.39. The zero-order valence-electron chi connectivity index (χ0n) is 12.7. The number of nitrogens with zero attached hydrogens (tertiary/aromatic N) is 1. The molecule has 1 atom stereocenters. The number of fused-ring (bicyclic) bond motifs is 1. The molecule has 22 heavy (non-hydrogen) atoms. The summed E-state index contributed by atoms with van der Waals surface area (Å²) >= 11 is 0. The second-order valence-corrected chi connectivity index (χ2v) is 5.35. The van der Waals surface area contributed by atoms with Gasteiger partial charge in [0.25, 0.3) is 5.91 Å². The minimum atomic E-state index is -0.138. The molecule has 0 aliphatic carbocycles. The van der Waals surface area contributed by atoms with Gasteiger partial charge in [-0.3, -0.25) is 4.79 Å². The molecule has 1 N–H and O–H groups in total. The number of ether oxygens (including phenoxy) is 1. The quantitative estimate of drug-likeness (QED) is 0.861. The highest BCUT2D eigenvalue weighted by molar-refractivity contribution is 6.01. The molecule has 1 heterocycles. The van der Waals surface area contributed by atoms with Gasteiger partial charge in [-0.1, -0.05) is 42.5 Å². The fraction of sp³-hybridized carbons (Fsp3) is 0.278. The predicted octanol–water partition coefficient (Wildman–Crippen LogP) is 3.29. The highest BCUT2D eigenvalue weighted by Gasteiger charge is 2.32. The van der Waals surface area contributed by atoms with Gasteiger partial charge < -0.3 is 15.0 Å². The van der Waals surface area contributed by atoms with Crippen molar-refractivity contribution >= 4 is 11.6 Å². The normalized spacial score (nSPS) is 17.0. The van der Waals surface area contributed by atoms with Crippen molar-refractivity contribution in [3.8, 4) is 0 Å².